The molecule has 0 atom stereocenters. The van der Waals surface area contributed by atoms with Gasteiger partial charge in [-0.3, -0.25) is 0 Å². The average Bonchev–Trinajstić information content (AvgIpc) is 0.722. The van der Waals surface area contributed by atoms with E-state index in [9.17, 15) is 0 Å². The van der Waals surface area contributed by atoms with E-state index < -0.39 is 7.82 Å². The normalized spacial score (nSPS) is 8.43. The van der Waals surface area contributed by atoms with Crippen LogP contribution < -0.4 is 44.2 Å². The molecule has 0 N–H and O–H groups in total. The maximum atomic E-state index is 8.55. The number of hydrogen-bond donors (Lipinski definition) is 0. The van der Waals surface area contributed by atoms with E-state index >= 15 is 0 Å². The van der Waals surface area contributed by atoms with Gasteiger partial charge >= 0.3 is 46.6 Å². The Labute approximate surface area is 73.3 Å². The maximum Gasteiger partial charge on any atom is 2.00 e. The van der Waals surface area contributed by atoms with Crippen LogP contribution in [0.3, 0.4) is 0 Å². The first kappa shape index (κ1) is 15.9. The summed E-state index contributed by atoms with van der Waals surface area (Å²) < 4.78 is 8.55. The summed E-state index contributed by atoms with van der Waals surface area (Å²) >= 11 is 0. The van der Waals surface area contributed by atoms with Crippen molar-refractivity contribution in [1.29, 1.82) is 0 Å². The summed E-state index contributed by atoms with van der Waals surface area (Å²) in [5, 5.41) is 0. The Hall–Kier alpha value is 1.63. The molecule has 0 spiro atoms. The largest absolute Gasteiger partial charge is 2.00 e. The van der Waals surface area contributed by atoms with Gasteiger partial charge in [-0.05, 0) is 0 Å². The first-order valence-corrected chi connectivity index (χ1v) is 2.19. The molecule has 0 fully saturated rings. The zero-order valence-electron chi connectivity index (χ0n) is 3.38. The molecule has 1 radical (unpaired) electrons. The van der Waals surface area contributed by atoms with Crippen molar-refractivity contribution in [3.8, 4) is 0 Å². The van der Waals surface area contributed by atoms with E-state index in [1.165, 1.54) is 0 Å². The molecule has 0 amide bonds. The minimum atomic E-state index is -5.39. The van der Waals surface area contributed by atoms with Gasteiger partial charge in [0.2, 0.25) is 0 Å². The van der Waals surface area contributed by atoms with Crippen LogP contribution in [0.4, 0.5) is 0 Å². The van der Waals surface area contributed by atoms with Crippen molar-refractivity contribution in [2.75, 3.05) is 0 Å². The Bertz CT molecular complexity index is 57.8. The molecule has 0 aromatic carbocycles. The molecule has 0 bridgehead atoms. The van der Waals surface area contributed by atoms with E-state index in [2.05, 4.69) is 0 Å². The van der Waals surface area contributed by atoms with E-state index in [0.717, 1.165) is 0 Å². The fourth-order valence-electron chi connectivity index (χ4n) is 0. The van der Waals surface area contributed by atoms with E-state index in [1.54, 1.807) is 0 Å². The molecule has 0 saturated carbocycles. The van der Waals surface area contributed by atoms with Crippen LogP contribution in [0.25, 0.3) is 0 Å². The molecule has 4 nitrogen and oxygen atoms in total. The monoisotopic (exact) mass is 181 g/mol. The van der Waals surface area contributed by atoms with Crippen LogP contribution in [0, 0.1) is 0 Å². The van der Waals surface area contributed by atoms with Gasteiger partial charge in [0.1, 0.15) is 0 Å². The van der Waals surface area contributed by atoms with Crippen LogP contribution >= 0.6 is 7.82 Å². The molecule has 0 rings (SSSR count). The minimum Gasteiger partial charge on any atom is -0.822 e. The Morgan fingerprint density at radius 3 is 1.14 bits per heavy atom. The Balaban J connectivity index is -0.0000000800. The van der Waals surface area contributed by atoms with Crippen molar-refractivity contribution in [3.63, 3.8) is 0 Å². The molecular formula is CuNaO4P. The van der Waals surface area contributed by atoms with Gasteiger partial charge in [0.15, 0.2) is 0 Å². The Morgan fingerprint density at radius 1 is 1.14 bits per heavy atom. The molecular weight excluding hydrogens is 182 g/mol. The molecule has 0 aromatic rings. The van der Waals surface area contributed by atoms with E-state index in [0.29, 0.717) is 0 Å². The van der Waals surface area contributed by atoms with E-state index in [1.807, 2.05) is 0 Å². The summed E-state index contributed by atoms with van der Waals surface area (Å²) in [7, 11) is -5.39. The molecule has 0 heterocycles. The summed E-state index contributed by atoms with van der Waals surface area (Å²) in [4.78, 5) is 25.6. The molecule has 0 unspecified atom stereocenters. The quantitative estimate of drug-likeness (QED) is 0.275. The number of rotatable bonds is 0. The zero-order valence-corrected chi connectivity index (χ0v) is 7.22. The predicted molar refractivity (Wildman–Crippen MR) is 7.61 cm³/mol. The zero-order chi connectivity index (χ0) is 4.50. The average molecular weight is 182 g/mol. The van der Waals surface area contributed by atoms with Crippen LogP contribution in [-0.2, 0) is 21.6 Å². The van der Waals surface area contributed by atoms with Crippen LogP contribution in [0.1, 0.15) is 0 Å². The fourth-order valence-corrected chi connectivity index (χ4v) is 0. The third kappa shape index (κ3) is 91.1. The van der Waals surface area contributed by atoms with Crippen LogP contribution in [-0.4, -0.2) is 0 Å². The van der Waals surface area contributed by atoms with Gasteiger partial charge in [0.25, 0.3) is 0 Å². The second-order valence-corrected chi connectivity index (χ2v) is 1.34. The number of hydrogen-bond acceptors (Lipinski definition) is 4. The first-order chi connectivity index (χ1) is 2.00. The van der Waals surface area contributed by atoms with Gasteiger partial charge in [-0.25, -0.2) is 0 Å². The molecule has 7 heavy (non-hydrogen) atoms. The smallest absolute Gasteiger partial charge is 0.822 e. The summed E-state index contributed by atoms with van der Waals surface area (Å²) in [6.07, 6.45) is 0. The van der Waals surface area contributed by atoms with E-state index in [-0.39, 0.29) is 46.6 Å². The van der Waals surface area contributed by atoms with Crippen LogP contribution in [0.15, 0.2) is 0 Å². The van der Waals surface area contributed by atoms with Crippen molar-refractivity contribution in [2.24, 2.45) is 0 Å². The summed E-state index contributed by atoms with van der Waals surface area (Å²) in [6, 6.07) is 0. The van der Waals surface area contributed by atoms with Gasteiger partial charge in [-0.2, -0.15) is 7.82 Å². The Morgan fingerprint density at radius 2 is 1.14 bits per heavy atom. The molecule has 7 heteroatoms. The van der Waals surface area contributed by atoms with Gasteiger partial charge in [-0.15, -0.1) is 0 Å². The summed E-state index contributed by atoms with van der Waals surface area (Å²) in [5.74, 6) is 0. The van der Waals surface area contributed by atoms with Crippen molar-refractivity contribution >= 4 is 7.82 Å². The maximum absolute atomic E-state index is 8.55. The predicted octanol–water partition coefficient (Wildman–Crippen LogP) is -5.82. The topological polar surface area (TPSA) is 86.2 Å². The third-order valence-corrected chi connectivity index (χ3v) is 0. The number of phosphoric acid groups is 1. The third-order valence-electron chi connectivity index (χ3n) is 0. The van der Waals surface area contributed by atoms with Crippen molar-refractivity contribution in [3.05, 3.63) is 0 Å². The summed E-state index contributed by atoms with van der Waals surface area (Å²) in [5.41, 5.74) is 0. The van der Waals surface area contributed by atoms with Gasteiger partial charge < -0.3 is 19.2 Å². The molecule has 0 saturated heterocycles. The molecule has 0 aliphatic carbocycles. The van der Waals surface area contributed by atoms with Crippen LogP contribution in [0.5, 0.6) is 0 Å². The van der Waals surface area contributed by atoms with Gasteiger partial charge in [0, 0.05) is 0 Å². The van der Waals surface area contributed by atoms with Crippen molar-refractivity contribution in [2.45, 2.75) is 0 Å². The van der Waals surface area contributed by atoms with Gasteiger partial charge in [0.05, 0.1) is 0 Å². The SMILES string of the molecule is O=P([O-])([O-])[O-].[Cu+2].[Na+]. The standard InChI is InChI=1S/Cu.Na.H3O4P/c;;1-5(2,3)4/h;;(H3,1,2,3,4)/q+2;+1;/p-3. The molecule has 0 aromatic heterocycles. The fraction of sp³-hybridized carbons (Fsp3) is 0. The molecule has 0 aliphatic rings. The molecule has 41 valence electrons. The minimum absolute atomic E-state index is 0. The second-order valence-electron chi connectivity index (χ2n) is 0.447. The van der Waals surface area contributed by atoms with Crippen molar-refractivity contribution in [1.82, 2.24) is 0 Å². The van der Waals surface area contributed by atoms with Gasteiger partial charge in [-0.1, -0.05) is 0 Å². The van der Waals surface area contributed by atoms with Crippen molar-refractivity contribution < 1.29 is 65.9 Å². The second kappa shape index (κ2) is 5.76. The van der Waals surface area contributed by atoms with Crippen LogP contribution in [0.2, 0.25) is 0 Å². The Kier molecular flexibility index (Phi) is 13.0. The first-order valence-electron chi connectivity index (χ1n) is 0.730. The van der Waals surface area contributed by atoms with E-state index in [4.69, 9.17) is 19.2 Å². The summed E-state index contributed by atoms with van der Waals surface area (Å²) in [6.45, 7) is 0. The molecule has 0 aliphatic heterocycles.